The van der Waals surface area contributed by atoms with Gasteiger partial charge in [0.25, 0.3) is 0 Å². The molecule has 2 aliphatic heterocycles. The standard InChI is InChI=1S/C34H60O7Si/c1-23(12-13-28-37-18-19-38-28)34(35)17-14-24-31(8)16-15-26-32(9,25(31)20-27(33(24,34)10)39-22-36-11)21-40-42(41-26,29(2,3)4)30(5,6)7/h24-28,35H,1,12-22H2,2-11H3/t24-,25-,26+,27+,31-,32-,33+,34+/m1/s1. The van der Waals surface area contributed by atoms with Gasteiger partial charge < -0.3 is 32.9 Å². The molecule has 3 saturated carbocycles. The van der Waals surface area contributed by atoms with Crippen molar-refractivity contribution in [2.45, 2.75) is 141 Å². The van der Waals surface area contributed by atoms with Crippen LogP contribution in [0.4, 0.5) is 0 Å². The summed E-state index contributed by atoms with van der Waals surface area (Å²) in [5, 5.41) is 12.6. The average Bonchev–Trinajstić information content (AvgIpc) is 3.52. The van der Waals surface area contributed by atoms with E-state index in [0.717, 1.165) is 37.9 Å². The number of aliphatic hydroxyl groups is 1. The number of hydrogen-bond donors (Lipinski definition) is 1. The van der Waals surface area contributed by atoms with E-state index in [-0.39, 0.29) is 52.1 Å². The molecule has 0 aromatic rings. The molecule has 8 heteroatoms. The molecule has 0 spiro atoms. The third kappa shape index (κ3) is 4.67. The molecule has 0 bridgehead atoms. The predicted octanol–water partition coefficient (Wildman–Crippen LogP) is 7.12. The van der Waals surface area contributed by atoms with Gasteiger partial charge in [-0.05, 0) is 61.3 Å². The maximum atomic E-state index is 12.7. The third-order valence-corrected chi connectivity index (χ3v) is 17.9. The maximum Gasteiger partial charge on any atom is 0.349 e. The number of methoxy groups -OCH3 is 1. The van der Waals surface area contributed by atoms with Crippen LogP contribution in [0.2, 0.25) is 10.1 Å². The van der Waals surface area contributed by atoms with E-state index in [1.54, 1.807) is 7.11 Å². The number of ether oxygens (including phenoxy) is 4. The highest BCUT2D eigenvalue weighted by molar-refractivity contribution is 6.73. The normalized spacial score (nSPS) is 44.0. The van der Waals surface area contributed by atoms with Crippen molar-refractivity contribution in [3.05, 3.63) is 12.2 Å². The Morgan fingerprint density at radius 3 is 2.19 bits per heavy atom. The fourth-order valence-corrected chi connectivity index (χ4v) is 16.1. The monoisotopic (exact) mass is 608 g/mol. The molecular formula is C34H60O7Si. The average molecular weight is 609 g/mol. The summed E-state index contributed by atoms with van der Waals surface area (Å²) in [6, 6.07) is 0. The van der Waals surface area contributed by atoms with E-state index in [1.165, 1.54) is 0 Å². The smallest absolute Gasteiger partial charge is 0.349 e. The van der Waals surface area contributed by atoms with Crippen molar-refractivity contribution in [1.82, 2.24) is 0 Å². The minimum Gasteiger partial charge on any atom is -0.393 e. The Bertz CT molecular complexity index is 1000. The quantitative estimate of drug-likeness (QED) is 0.187. The lowest BCUT2D eigenvalue weighted by molar-refractivity contribution is -0.266. The van der Waals surface area contributed by atoms with Gasteiger partial charge in [-0.2, -0.15) is 0 Å². The number of fused-ring (bicyclic) bond motifs is 5. The van der Waals surface area contributed by atoms with Crippen molar-refractivity contribution >= 4 is 8.56 Å². The second kappa shape index (κ2) is 10.9. The van der Waals surface area contributed by atoms with Gasteiger partial charge in [-0.3, -0.25) is 0 Å². The maximum absolute atomic E-state index is 12.7. The summed E-state index contributed by atoms with van der Waals surface area (Å²) in [6.45, 7) is 27.7. The lowest BCUT2D eigenvalue weighted by Crippen LogP contribution is -2.72. The van der Waals surface area contributed by atoms with Gasteiger partial charge >= 0.3 is 8.56 Å². The highest BCUT2D eigenvalue weighted by atomic mass is 28.4. The highest BCUT2D eigenvalue weighted by Crippen LogP contribution is 2.73. The SMILES string of the molecule is C=C(CCC1OCCO1)[C@@]1(O)CC[C@@H]2[C@@]3(C)CC[C@@H]4O[Si](C(C)(C)C)(C(C)(C)C)OC[C@]4(C)[C@@H]3C[C@H](OCOC)[C@]21C. The zero-order valence-electron chi connectivity index (χ0n) is 28.3. The summed E-state index contributed by atoms with van der Waals surface area (Å²) in [4.78, 5) is 0. The predicted molar refractivity (Wildman–Crippen MR) is 166 cm³/mol. The molecule has 7 nitrogen and oxygen atoms in total. The van der Waals surface area contributed by atoms with Crippen LogP contribution in [0.1, 0.15) is 107 Å². The van der Waals surface area contributed by atoms with E-state index < -0.39 is 19.6 Å². The van der Waals surface area contributed by atoms with Crippen LogP contribution in [-0.2, 0) is 27.8 Å². The Morgan fingerprint density at radius 2 is 1.60 bits per heavy atom. The first kappa shape index (κ1) is 33.1. The first-order valence-corrected chi connectivity index (χ1v) is 18.3. The second-order valence-corrected chi connectivity index (χ2v) is 21.7. The molecule has 0 aromatic heterocycles. The molecule has 0 radical (unpaired) electrons. The molecule has 8 atom stereocenters. The lowest BCUT2D eigenvalue weighted by atomic mass is 9.41. The van der Waals surface area contributed by atoms with Crippen molar-refractivity contribution in [1.29, 1.82) is 0 Å². The van der Waals surface area contributed by atoms with Crippen molar-refractivity contribution in [2.75, 3.05) is 33.7 Å². The van der Waals surface area contributed by atoms with E-state index in [9.17, 15) is 5.11 Å². The summed E-state index contributed by atoms with van der Waals surface area (Å²) in [7, 11) is -0.904. The second-order valence-electron chi connectivity index (χ2n) is 17.0. The van der Waals surface area contributed by atoms with Crippen molar-refractivity contribution in [2.24, 2.45) is 28.1 Å². The molecule has 242 valence electrons. The minimum absolute atomic E-state index is 0.0209. The van der Waals surface area contributed by atoms with E-state index >= 15 is 0 Å². The molecular weight excluding hydrogens is 548 g/mol. The molecule has 1 N–H and O–H groups in total. The molecule has 0 amide bonds. The molecule has 42 heavy (non-hydrogen) atoms. The number of hydrogen-bond acceptors (Lipinski definition) is 7. The van der Waals surface area contributed by atoms with Crippen LogP contribution in [0.25, 0.3) is 0 Å². The van der Waals surface area contributed by atoms with E-state index in [0.29, 0.717) is 38.4 Å². The largest absolute Gasteiger partial charge is 0.393 e. The van der Waals surface area contributed by atoms with Gasteiger partial charge in [0.15, 0.2) is 6.29 Å². The van der Waals surface area contributed by atoms with Crippen molar-refractivity contribution < 1.29 is 32.9 Å². The minimum atomic E-state index is -2.58. The van der Waals surface area contributed by atoms with Crippen LogP contribution in [-0.4, -0.2) is 71.5 Å². The van der Waals surface area contributed by atoms with Crippen LogP contribution in [0.15, 0.2) is 12.2 Å². The van der Waals surface area contributed by atoms with Gasteiger partial charge in [0.05, 0.1) is 31.0 Å². The van der Waals surface area contributed by atoms with Crippen LogP contribution < -0.4 is 0 Å². The highest BCUT2D eigenvalue weighted by Gasteiger charge is 2.74. The van der Waals surface area contributed by atoms with Crippen molar-refractivity contribution in [3.8, 4) is 0 Å². The molecule has 2 heterocycles. The summed E-state index contributed by atoms with van der Waals surface area (Å²) in [5.74, 6) is 0.616. The van der Waals surface area contributed by atoms with Crippen LogP contribution >= 0.6 is 0 Å². The van der Waals surface area contributed by atoms with Gasteiger partial charge in [-0.15, -0.1) is 0 Å². The zero-order valence-corrected chi connectivity index (χ0v) is 29.3. The zero-order chi connectivity index (χ0) is 31.0. The lowest BCUT2D eigenvalue weighted by Gasteiger charge is -2.69. The molecule has 2 saturated heterocycles. The number of rotatable bonds is 7. The summed E-state index contributed by atoms with van der Waals surface area (Å²) >= 11 is 0. The molecule has 0 aromatic carbocycles. The van der Waals surface area contributed by atoms with E-state index in [1.807, 2.05) is 0 Å². The molecule has 5 rings (SSSR count). The van der Waals surface area contributed by atoms with Gasteiger partial charge in [0.1, 0.15) is 6.79 Å². The van der Waals surface area contributed by atoms with Crippen molar-refractivity contribution in [3.63, 3.8) is 0 Å². The molecule has 0 unspecified atom stereocenters. The first-order valence-electron chi connectivity index (χ1n) is 16.5. The van der Waals surface area contributed by atoms with E-state index in [2.05, 4.69) is 68.9 Å². The molecule has 3 aliphatic carbocycles. The van der Waals surface area contributed by atoms with Gasteiger partial charge in [-0.25, -0.2) is 0 Å². The van der Waals surface area contributed by atoms with Gasteiger partial charge in [-0.1, -0.05) is 68.9 Å². The van der Waals surface area contributed by atoms with Crippen LogP contribution in [0, 0.1) is 28.1 Å². The Labute approximate surface area is 256 Å². The third-order valence-electron chi connectivity index (χ3n) is 12.8. The summed E-state index contributed by atoms with van der Waals surface area (Å²) < 4.78 is 38.0. The fraction of sp³-hybridized carbons (Fsp3) is 0.941. The topological polar surface area (TPSA) is 75.6 Å². The van der Waals surface area contributed by atoms with Gasteiger partial charge in [0, 0.05) is 41.0 Å². The molecule has 5 aliphatic rings. The molecule has 5 fully saturated rings. The van der Waals surface area contributed by atoms with Crippen LogP contribution in [0.5, 0.6) is 0 Å². The Balaban J connectivity index is 1.47. The Hall–Kier alpha value is -0.323. The fourth-order valence-electron chi connectivity index (χ4n) is 10.9. The Morgan fingerprint density at radius 1 is 0.952 bits per heavy atom. The van der Waals surface area contributed by atoms with Gasteiger partial charge in [0.2, 0.25) is 0 Å². The summed E-state index contributed by atoms with van der Waals surface area (Å²) in [6.07, 6.45) is 5.77. The Kier molecular flexibility index (Phi) is 8.57. The van der Waals surface area contributed by atoms with E-state index in [4.69, 9.17) is 27.8 Å². The first-order chi connectivity index (χ1) is 19.4. The summed E-state index contributed by atoms with van der Waals surface area (Å²) in [5.41, 5.74) is -0.742. The van der Waals surface area contributed by atoms with Crippen LogP contribution in [0.3, 0.4) is 0 Å².